The van der Waals surface area contributed by atoms with Gasteiger partial charge >= 0.3 is 6.09 Å². The summed E-state index contributed by atoms with van der Waals surface area (Å²) in [4.78, 5) is 10.6. The van der Waals surface area contributed by atoms with E-state index < -0.39 is 0 Å². The first-order valence-corrected chi connectivity index (χ1v) is 3.36. The maximum atomic E-state index is 10.6. The lowest BCUT2D eigenvalue weighted by Crippen LogP contribution is -2.25. The molecule has 0 aliphatic carbocycles. The highest BCUT2D eigenvalue weighted by Crippen LogP contribution is 1.91. The van der Waals surface area contributed by atoms with Crippen LogP contribution in [-0.4, -0.2) is 19.2 Å². The predicted octanol–water partition coefficient (Wildman–Crippen LogP) is 1.20. The molecule has 0 rings (SSSR count). The van der Waals surface area contributed by atoms with Crippen molar-refractivity contribution in [1.82, 2.24) is 5.32 Å². The number of carbonyl (C=O) groups excluding carboxylic acids is 1. The molecule has 0 aromatic carbocycles. The van der Waals surface area contributed by atoms with E-state index in [1.807, 2.05) is 13.8 Å². The molecule has 0 aliphatic rings. The van der Waals surface area contributed by atoms with Crippen molar-refractivity contribution in [3.63, 3.8) is 0 Å². The normalized spacial score (nSPS) is 9.60. The van der Waals surface area contributed by atoms with Gasteiger partial charge in [-0.3, -0.25) is 0 Å². The van der Waals surface area contributed by atoms with Gasteiger partial charge in [0.05, 0.1) is 6.61 Å². The lowest BCUT2D eigenvalue weighted by molar-refractivity contribution is 0.134. The van der Waals surface area contributed by atoms with Crippen molar-refractivity contribution in [3.8, 4) is 0 Å². The fourth-order valence-corrected chi connectivity index (χ4v) is 0.395. The number of hydrogen-bond acceptors (Lipinski definition) is 2. The molecule has 0 saturated heterocycles. The van der Waals surface area contributed by atoms with Gasteiger partial charge in [-0.05, 0) is 12.8 Å². The molecule has 0 aromatic heterocycles. The topological polar surface area (TPSA) is 38.3 Å². The number of ether oxygens (including phenoxy) is 1. The van der Waals surface area contributed by atoms with Crippen molar-refractivity contribution in [2.24, 2.45) is 5.92 Å². The molecule has 1 radical (unpaired) electrons. The third-order valence-electron chi connectivity index (χ3n) is 0.817. The van der Waals surface area contributed by atoms with Gasteiger partial charge in [-0.15, -0.1) is 0 Å². The number of hydrogen-bond donors (Lipinski definition) is 1. The van der Waals surface area contributed by atoms with Crippen LogP contribution < -0.4 is 5.32 Å². The zero-order valence-electron chi connectivity index (χ0n) is 6.52. The van der Waals surface area contributed by atoms with Gasteiger partial charge < -0.3 is 10.1 Å². The minimum absolute atomic E-state index is 0.372. The third-order valence-corrected chi connectivity index (χ3v) is 0.817. The second-order valence-electron chi connectivity index (χ2n) is 2.42. The van der Waals surface area contributed by atoms with Gasteiger partial charge in [0, 0.05) is 6.54 Å². The van der Waals surface area contributed by atoms with E-state index in [2.05, 4.69) is 12.2 Å². The van der Waals surface area contributed by atoms with Crippen LogP contribution in [0.15, 0.2) is 0 Å². The van der Waals surface area contributed by atoms with Crippen LogP contribution in [0.5, 0.6) is 0 Å². The van der Waals surface area contributed by atoms with Crippen LogP contribution in [-0.2, 0) is 4.74 Å². The molecule has 0 fully saturated rings. The Labute approximate surface area is 61.8 Å². The largest absolute Gasteiger partial charge is 0.449 e. The standard InChI is InChI=1S/C7H14NO2/c1-4-8-7(9)10-5-6(2)3/h6H,1,4-5H2,2-3H3,(H,8,9). The van der Waals surface area contributed by atoms with Gasteiger partial charge in [0.2, 0.25) is 0 Å². The summed E-state index contributed by atoms with van der Waals surface area (Å²) >= 11 is 0. The SMILES string of the molecule is [CH2]CNC(=O)OCC(C)C. The van der Waals surface area contributed by atoms with Gasteiger partial charge in [0.1, 0.15) is 0 Å². The van der Waals surface area contributed by atoms with Crippen LogP contribution in [0.4, 0.5) is 4.79 Å². The highest BCUT2D eigenvalue weighted by Gasteiger charge is 1.99. The molecule has 3 nitrogen and oxygen atoms in total. The van der Waals surface area contributed by atoms with E-state index >= 15 is 0 Å². The maximum absolute atomic E-state index is 10.6. The summed E-state index contributed by atoms with van der Waals surface area (Å²) in [5.74, 6) is 0.385. The highest BCUT2D eigenvalue weighted by atomic mass is 16.5. The molecule has 1 amide bonds. The summed E-state index contributed by atoms with van der Waals surface area (Å²) in [6.45, 7) is 8.24. The van der Waals surface area contributed by atoms with Crippen molar-refractivity contribution >= 4 is 6.09 Å². The monoisotopic (exact) mass is 144 g/mol. The number of amides is 1. The van der Waals surface area contributed by atoms with Crippen molar-refractivity contribution in [2.75, 3.05) is 13.2 Å². The molecule has 59 valence electrons. The molecule has 1 N–H and O–H groups in total. The van der Waals surface area contributed by atoms with Gasteiger partial charge in [0.25, 0.3) is 0 Å². The van der Waals surface area contributed by atoms with Crippen LogP contribution in [0.1, 0.15) is 13.8 Å². The van der Waals surface area contributed by atoms with E-state index in [1.165, 1.54) is 0 Å². The molecule has 0 spiro atoms. The molecule has 3 heteroatoms. The molecule has 0 aromatic rings. The second-order valence-corrected chi connectivity index (χ2v) is 2.42. The summed E-state index contributed by atoms with van der Waals surface area (Å²) < 4.78 is 4.75. The summed E-state index contributed by atoms with van der Waals surface area (Å²) in [6, 6.07) is 0. The minimum Gasteiger partial charge on any atom is -0.449 e. The first-order valence-electron chi connectivity index (χ1n) is 3.36. The zero-order valence-corrected chi connectivity index (χ0v) is 6.52. The van der Waals surface area contributed by atoms with Gasteiger partial charge in [0.15, 0.2) is 0 Å². The molecule has 0 heterocycles. The van der Waals surface area contributed by atoms with E-state index in [4.69, 9.17) is 4.74 Å². The van der Waals surface area contributed by atoms with Gasteiger partial charge in [-0.25, -0.2) is 4.79 Å². The van der Waals surface area contributed by atoms with Crippen LogP contribution in [0.2, 0.25) is 0 Å². The number of carbonyl (C=O) groups is 1. The van der Waals surface area contributed by atoms with E-state index in [0.29, 0.717) is 19.1 Å². The molecule has 0 bridgehead atoms. The van der Waals surface area contributed by atoms with E-state index in [0.717, 1.165) is 0 Å². The zero-order chi connectivity index (χ0) is 7.98. The Balaban J connectivity index is 3.22. The summed E-state index contributed by atoms with van der Waals surface area (Å²) in [6.07, 6.45) is -0.385. The summed E-state index contributed by atoms with van der Waals surface area (Å²) in [5, 5.41) is 2.43. The van der Waals surface area contributed by atoms with Crippen LogP contribution >= 0.6 is 0 Å². The fraction of sp³-hybridized carbons (Fsp3) is 0.714. The molecular weight excluding hydrogens is 130 g/mol. The van der Waals surface area contributed by atoms with E-state index in [1.54, 1.807) is 0 Å². The van der Waals surface area contributed by atoms with Crippen LogP contribution in [0.3, 0.4) is 0 Å². The first kappa shape index (κ1) is 9.27. The Morgan fingerprint density at radius 3 is 2.70 bits per heavy atom. The number of alkyl carbamates (subject to hydrolysis) is 1. The van der Waals surface area contributed by atoms with E-state index in [-0.39, 0.29) is 6.09 Å². The van der Waals surface area contributed by atoms with Crippen molar-refractivity contribution in [1.29, 1.82) is 0 Å². The van der Waals surface area contributed by atoms with Crippen LogP contribution in [0.25, 0.3) is 0 Å². The molecular formula is C7H14NO2. The van der Waals surface area contributed by atoms with Crippen molar-refractivity contribution in [2.45, 2.75) is 13.8 Å². The Hall–Kier alpha value is -0.730. The van der Waals surface area contributed by atoms with Crippen molar-refractivity contribution < 1.29 is 9.53 Å². The molecule has 0 atom stereocenters. The highest BCUT2D eigenvalue weighted by molar-refractivity contribution is 5.67. The maximum Gasteiger partial charge on any atom is 0.407 e. The molecule has 0 aliphatic heterocycles. The Morgan fingerprint density at radius 1 is 1.70 bits per heavy atom. The Bertz CT molecular complexity index is 102. The van der Waals surface area contributed by atoms with E-state index in [9.17, 15) is 4.79 Å². The Kier molecular flexibility index (Phi) is 4.72. The number of nitrogens with one attached hydrogen (secondary N) is 1. The minimum atomic E-state index is -0.385. The molecule has 10 heavy (non-hydrogen) atoms. The fourth-order valence-electron chi connectivity index (χ4n) is 0.395. The summed E-state index contributed by atoms with van der Waals surface area (Å²) in [7, 11) is 0. The average Bonchev–Trinajstić information content (AvgIpc) is 1.85. The average molecular weight is 144 g/mol. The number of rotatable bonds is 3. The van der Waals surface area contributed by atoms with Gasteiger partial charge in [-0.1, -0.05) is 13.8 Å². The Morgan fingerprint density at radius 2 is 2.30 bits per heavy atom. The lowest BCUT2D eigenvalue weighted by Gasteiger charge is -2.06. The quantitative estimate of drug-likeness (QED) is 0.646. The lowest BCUT2D eigenvalue weighted by atomic mass is 10.2. The predicted molar refractivity (Wildman–Crippen MR) is 39.5 cm³/mol. The summed E-state index contributed by atoms with van der Waals surface area (Å²) in [5.41, 5.74) is 0. The van der Waals surface area contributed by atoms with Crippen LogP contribution in [0, 0.1) is 12.8 Å². The molecule has 0 unspecified atom stereocenters. The second kappa shape index (κ2) is 5.09. The van der Waals surface area contributed by atoms with Crippen molar-refractivity contribution in [3.05, 3.63) is 6.92 Å². The third kappa shape index (κ3) is 5.41. The molecule has 0 saturated carbocycles. The van der Waals surface area contributed by atoms with Gasteiger partial charge in [-0.2, -0.15) is 0 Å². The smallest absolute Gasteiger partial charge is 0.407 e. The first-order chi connectivity index (χ1) is 4.66.